The minimum Gasteiger partial charge on any atom is -0.459 e. The van der Waals surface area contributed by atoms with E-state index in [0.717, 1.165) is 22.0 Å². The van der Waals surface area contributed by atoms with Gasteiger partial charge in [-0.05, 0) is 17.2 Å². The maximum Gasteiger partial charge on any atom is 0.408 e. The molecule has 0 aliphatic rings. The molecule has 3 aromatic carbocycles. The number of benzene rings is 3. The van der Waals surface area contributed by atoms with Crippen molar-refractivity contribution in [1.29, 1.82) is 0 Å². The summed E-state index contributed by atoms with van der Waals surface area (Å²) in [7, 11) is 0. The van der Waals surface area contributed by atoms with Gasteiger partial charge < -0.3 is 14.8 Å². The van der Waals surface area contributed by atoms with Gasteiger partial charge in [0.05, 0.1) is 0 Å². The average Bonchev–Trinajstić information content (AvgIpc) is 2.89. The summed E-state index contributed by atoms with van der Waals surface area (Å²) >= 11 is 0. The molecule has 4 aromatic rings. The van der Waals surface area contributed by atoms with Crippen molar-refractivity contribution >= 4 is 23.0 Å². The maximum absolute atomic E-state index is 12.8. The second-order valence-corrected chi connectivity index (χ2v) is 7.78. The lowest BCUT2D eigenvalue weighted by Crippen LogP contribution is -2.46. The number of carbonyl (C=O) groups is 2. The van der Waals surface area contributed by atoms with Crippen molar-refractivity contribution in [2.24, 2.45) is 0 Å². The number of ether oxygens (including phenoxy) is 2. The molecule has 34 heavy (non-hydrogen) atoms. The number of hydrogen-bond donors (Lipinski definition) is 1. The Morgan fingerprint density at radius 2 is 1.41 bits per heavy atom. The van der Waals surface area contributed by atoms with Crippen LogP contribution in [0.2, 0.25) is 0 Å². The van der Waals surface area contributed by atoms with E-state index in [1.807, 2.05) is 97.2 Å². The molecule has 0 fully saturated rings. The van der Waals surface area contributed by atoms with Crippen LogP contribution in [0.25, 0.3) is 10.9 Å². The van der Waals surface area contributed by atoms with Crippen molar-refractivity contribution < 1.29 is 23.7 Å². The lowest BCUT2D eigenvalue weighted by molar-refractivity contribution is -0.752. The number of fused-ring (bicyclic) bond motifs is 1. The standard InChI is InChI=1S/C27H25N3O4/c31-26(33-19-21-9-3-1-4-10-21)25(28-27(32)34-20-22-11-5-2-6-12-22)16-18-30-17-15-23-13-7-8-14-24(23)29-30/h1-15,17,25H,16,18-20H2/p+1/t25-/m1/s1. The van der Waals surface area contributed by atoms with Crippen LogP contribution >= 0.6 is 0 Å². The van der Waals surface area contributed by atoms with Crippen LogP contribution in [0.15, 0.2) is 97.2 Å². The summed E-state index contributed by atoms with van der Waals surface area (Å²) in [5.74, 6) is -0.526. The van der Waals surface area contributed by atoms with Crippen LogP contribution in [0.4, 0.5) is 4.79 Å². The maximum atomic E-state index is 12.8. The summed E-state index contributed by atoms with van der Waals surface area (Å²) in [5, 5.41) is 8.26. The third kappa shape index (κ3) is 6.62. The van der Waals surface area contributed by atoms with Crippen LogP contribution in [0, 0.1) is 0 Å². The third-order valence-electron chi connectivity index (χ3n) is 5.26. The molecule has 4 rings (SSSR count). The lowest BCUT2D eigenvalue weighted by Gasteiger charge is -2.16. The quantitative estimate of drug-likeness (QED) is 0.305. The fourth-order valence-corrected chi connectivity index (χ4v) is 3.43. The zero-order chi connectivity index (χ0) is 23.6. The zero-order valence-electron chi connectivity index (χ0n) is 18.7. The van der Waals surface area contributed by atoms with Crippen LogP contribution in [0.5, 0.6) is 0 Å². The van der Waals surface area contributed by atoms with E-state index in [1.165, 1.54) is 0 Å². The van der Waals surface area contributed by atoms with E-state index in [9.17, 15) is 9.59 Å². The van der Waals surface area contributed by atoms with E-state index in [4.69, 9.17) is 9.47 Å². The molecule has 0 spiro atoms. The van der Waals surface area contributed by atoms with Gasteiger partial charge in [0.1, 0.15) is 24.8 Å². The minimum absolute atomic E-state index is 0.111. The van der Waals surface area contributed by atoms with E-state index >= 15 is 0 Å². The Bertz CT molecular complexity index is 1230. The number of alkyl carbamates (subject to hydrolysis) is 1. The number of nitrogens with one attached hydrogen (secondary N) is 1. The van der Waals surface area contributed by atoms with Gasteiger partial charge in [0.2, 0.25) is 0 Å². The van der Waals surface area contributed by atoms with Crippen molar-refractivity contribution in [3.05, 3.63) is 108 Å². The highest BCUT2D eigenvalue weighted by atomic mass is 16.6. The van der Waals surface area contributed by atoms with Gasteiger partial charge in [-0.15, -0.1) is 0 Å². The van der Waals surface area contributed by atoms with Gasteiger partial charge in [0, 0.05) is 23.0 Å². The molecule has 0 radical (unpaired) electrons. The number of aryl methyl sites for hydroxylation is 1. The van der Waals surface area contributed by atoms with Gasteiger partial charge in [-0.1, -0.05) is 83.5 Å². The van der Waals surface area contributed by atoms with Crippen molar-refractivity contribution in [3.8, 4) is 0 Å². The summed E-state index contributed by atoms with van der Waals surface area (Å²) < 4.78 is 12.5. The van der Waals surface area contributed by atoms with Crippen molar-refractivity contribution in [2.45, 2.75) is 32.2 Å². The fourth-order valence-electron chi connectivity index (χ4n) is 3.43. The molecule has 0 bridgehead atoms. The Hall–Kier alpha value is -4.26. The number of esters is 1. The number of carbonyl (C=O) groups excluding carboxylic acids is 2. The lowest BCUT2D eigenvalue weighted by atomic mass is 10.2. The Labute approximate surface area is 197 Å². The SMILES string of the molecule is O=C(N[C@H](CC[n+]1ccc2ccccc2n1)C(=O)OCc1ccccc1)OCc1ccccc1. The first-order chi connectivity index (χ1) is 16.7. The number of nitrogens with zero attached hydrogens (tertiary/aromatic N) is 2. The first kappa shape index (κ1) is 22.9. The van der Waals surface area contributed by atoms with Crippen LogP contribution in [0.3, 0.4) is 0 Å². The number of rotatable bonds is 9. The Kier molecular flexibility index (Phi) is 7.79. The molecule has 1 heterocycles. The van der Waals surface area contributed by atoms with Crippen molar-refractivity contribution in [3.63, 3.8) is 0 Å². The fraction of sp³-hybridized carbons (Fsp3) is 0.185. The Morgan fingerprint density at radius 3 is 2.12 bits per heavy atom. The highest BCUT2D eigenvalue weighted by molar-refractivity contribution is 5.81. The highest BCUT2D eigenvalue weighted by Gasteiger charge is 2.25. The largest absolute Gasteiger partial charge is 0.459 e. The summed E-state index contributed by atoms with van der Waals surface area (Å²) in [5.41, 5.74) is 2.58. The molecular formula is C27H26N3O4+. The smallest absolute Gasteiger partial charge is 0.408 e. The third-order valence-corrected chi connectivity index (χ3v) is 5.26. The van der Waals surface area contributed by atoms with E-state index in [-0.39, 0.29) is 13.2 Å². The van der Waals surface area contributed by atoms with Crippen molar-refractivity contribution in [1.82, 2.24) is 10.4 Å². The minimum atomic E-state index is -0.882. The van der Waals surface area contributed by atoms with Crippen molar-refractivity contribution in [2.75, 3.05) is 0 Å². The topological polar surface area (TPSA) is 81.4 Å². The van der Waals surface area contributed by atoms with Crippen LogP contribution in [-0.2, 0) is 34.0 Å². The molecule has 0 saturated heterocycles. The molecular weight excluding hydrogens is 430 g/mol. The zero-order valence-corrected chi connectivity index (χ0v) is 18.7. The monoisotopic (exact) mass is 456 g/mol. The predicted octanol–water partition coefficient (Wildman–Crippen LogP) is 3.95. The first-order valence-corrected chi connectivity index (χ1v) is 11.1. The predicted molar refractivity (Wildman–Crippen MR) is 126 cm³/mol. The van der Waals surface area contributed by atoms with Gasteiger partial charge in [-0.3, -0.25) is 0 Å². The van der Waals surface area contributed by atoms with E-state index < -0.39 is 18.1 Å². The van der Waals surface area contributed by atoms with E-state index in [0.29, 0.717) is 13.0 Å². The number of amides is 1. The summed E-state index contributed by atoms with van der Waals surface area (Å²) in [6.07, 6.45) is 1.47. The van der Waals surface area contributed by atoms with Crippen LogP contribution < -0.4 is 10.00 Å². The molecule has 7 nitrogen and oxygen atoms in total. The molecule has 1 amide bonds. The number of hydrogen-bond acceptors (Lipinski definition) is 5. The van der Waals surface area contributed by atoms with Crippen LogP contribution in [-0.4, -0.2) is 23.2 Å². The molecule has 1 atom stereocenters. The summed E-state index contributed by atoms with van der Waals surface area (Å²) in [6, 6.07) is 27.6. The molecule has 172 valence electrons. The molecule has 0 aliphatic heterocycles. The van der Waals surface area contributed by atoms with Gasteiger partial charge >= 0.3 is 12.1 Å². The molecule has 0 unspecified atom stereocenters. The molecule has 7 heteroatoms. The first-order valence-electron chi connectivity index (χ1n) is 11.1. The van der Waals surface area contributed by atoms with E-state index in [2.05, 4.69) is 10.4 Å². The molecule has 0 saturated carbocycles. The van der Waals surface area contributed by atoms with Gasteiger partial charge in [0.15, 0.2) is 12.7 Å². The average molecular weight is 457 g/mol. The second kappa shape index (κ2) is 11.6. The highest BCUT2D eigenvalue weighted by Crippen LogP contribution is 2.08. The second-order valence-electron chi connectivity index (χ2n) is 7.78. The molecule has 0 aliphatic carbocycles. The molecule has 1 N–H and O–H groups in total. The van der Waals surface area contributed by atoms with Gasteiger partial charge in [0.25, 0.3) is 0 Å². The molecule has 1 aromatic heterocycles. The Morgan fingerprint density at radius 1 is 0.794 bits per heavy atom. The normalized spacial score (nSPS) is 11.5. The van der Waals surface area contributed by atoms with E-state index in [1.54, 1.807) is 4.68 Å². The summed E-state index contributed by atoms with van der Waals surface area (Å²) in [4.78, 5) is 25.3. The number of aromatic nitrogens is 2. The van der Waals surface area contributed by atoms with Gasteiger partial charge in [-0.25, -0.2) is 9.59 Å². The van der Waals surface area contributed by atoms with Crippen LogP contribution in [0.1, 0.15) is 17.5 Å². The van der Waals surface area contributed by atoms with Gasteiger partial charge in [-0.2, -0.15) is 0 Å². The summed E-state index contributed by atoms with van der Waals surface area (Å²) in [6.45, 7) is 0.645. The Balaban J connectivity index is 1.39.